The lowest BCUT2D eigenvalue weighted by molar-refractivity contribution is -0.129. The number of benzene rings is 1. The highest BCUT2D eigenvalue weighted by Crippen LogP contribution is 2.30. The molecule has 0 radical (unpaired) electrons. The molecule has 4 rings (SSSR count). The van der Waals surface area contributed by atoms with Crippen LogP contribution in [0.3, 0.4) is 0 Å². The SMILES string of the molecule is Cc1nc(C)c(-c2nnc(SCC(=O)N3CCC(Cc4ccccc4)CC3)o2)s1. The normalized spacial score (nSPS) is 15.0. The second-order valence-electron chi connectivity index (χ2n) is 7.32. The van der Waals surface area contributed by atoms with Crippen molar-refractivity contribution in [2.24, 2.45) is 5.92 Å². The minimum absolute atomic E-state index is 0.137. The summed E-state index contributed by atoms with van der Waals surface area (Å²) in [4.78, 5) is 19.8. The number of likely N-dealkylation sites (tertiary alicyclic amines) is 1. The van der Waals surface area contributed by atoms with E-state index in [1.807, 2.05) is 24.8 Å². The number of amides is 1. The molecule has 0 atom stereocenters. The Kier molecular flexibility index (Phi) is 6.30. The number of piperidine rings is 1. The monoisotopic (exact) mass is 428 g/mol. The summed E-state index contributed by atoms with van der Waals surface area (Å²) in [6.45, 7) is 5.53. The molecule has 1 aliphatic rings. The molecule has 6 nitrogen and oxygen atoms in total. The second kappa shape index (κ2) is 9.09. The third-order valence-electron chi connectivity index (χ3n) is 5.16. The van der Waals surface area contributed by atoms with Gasteiger partial charge in [0.2, 0.25) is 5.91 Å². The molecule has 0 saturated carbocycles. The van der Waals surface area contributed by atoms with E-state index in [1.54, 1.807) is 0 Å². The Morgan fingerprint density at radius 3 is 2.66 bits per heavy atom. The van der Waals surface area contributed by atoms with Gasteiger partial charge in [-0.3, -0.25) is 4.79 Å². The highest BCUT2D eigenvalue weighted by atomic mass is 32.2. The molecule has 1 aromatic carbocycles. The van der Waals surface area contributed by atoms with Gasteiger partial charge < -0.3 is 9.32 Å². The predicted octanol–water partition coefficient (Wildman–Crippen LogP) is 4.38. The molecule has 0 unspecified atom stereocenters. The van der Waals surface area contributed by atoms with Gasteiger partial charge in [-0.25, -0.2) is 4.98 Å². The highest BCUT2D eigenvalue weighted by Gasteiger charge is 2.24. The number of hydrogen-bond donors (Lipinski definition) is 0. The molecule has 8 heteroatoms. The smallest absolute Gasteiger partial charge is 0.277 e. The van der Waals surface area contributed by atoms with Gasteiger partial charge in [0.25, 0.3) is 11.1 Å². The summed E-state index contributed by atoms with van der Waals surface area (Å²) < 4.78 is 5.73. The second-order valence-corrected chi connectivity index (χ2v) is 9.45. The Morgan fingerprint density at radius 2 is 1.97 bits per heavy atom. The first kappa shape index (κ1) is 20.1. The number of thiazole rings is 1. The Balaban J connectivity index is 1.25. The van der Waals surface area contributed by atoms with E-state index in [9.17, 15) is 4.79 Å². The van der Waals surface area contributed by atoms with Gasteiger partial charge in [0.1, 0.15) is 4.88 Å². The summed E-state index contributed by atoms with van der Waals surface area (Å²) in [5, 5.41) is 9.58. The standard InChI is InChI=1S/C21H24N4O2S2/c1-14-19(29-15(2)22-14)20-23-24-21(27-20)28-13-18(26)25-10-8-17(9-11-25)12-16-6-4-3-5-7-16/h3-7,17H,8-13H2,1-2H3. The Labute approximate surface area is 178 Å². The zero-order valence-corrected chi connectivity index (χ0v) is 18.3. The number of rotatable bonds is 6. The van der Waals surface area contributed by atoms with Crippen molar-refractivity contribution >= 4 is 29.0 Å². The molecule has 1 saturated heterocycles. The van der Waals surface area contributed by atoms with E-state index < -0.39 is 0 Å². The van der Waals surface area contributed by atoms with E-state index in [0.717, 1.165) is 47.9 Å². The molecule has 1 fully saturated rings. The van der Waals surface area contributed by atoms with E-state index >= 15 is 0 Å². The highest BCUT2D eigenvalue weighted by molar-refractivity contribution is 7.99. The van der Waals surface area contributed by atoms with E-state index in [0.29, 0.717) is 22.8 Å². The third kappa shape index (κ3) is 5.05. The molecule has 3 heterocycles. The summed E-state index contributed by atoms with van der Waals surface area (Å²) >= 11 is 2.84. The van der Waals surface area contributed by atoms with Crippen molar-refractivity contribution in [3.63, 3.8) is 0 Å². The number of hydrogen-bond acceptors (Lipinski definition) is 7. The summed E-state index contributed by atoms with van der Waals surface area (Å²) in [5.74, 6) is 1.59. The minimum Gasteiger partial charge on any atom is -0.410 e. The van der Waals surface area contributed by atoms with Crippen LogP contribution in [0.15, 0.2) is 40.0 Å². The van der Waals surface area contributed by atoms with Gasteiger partial charge in [0.05, 0.1) is 16.5 Å². The number of thioether (sulfide) groups is 1. The van der Waals surface area contributed by atoms with Crippen LogP contribution in [0.4, 0.5) is 0 Å². The van der Waals surface area contributed by atoms with Gasteiger partial charge in [-0.05, 0) is 44.6 Å². The lowest BCUT2D eigenvalue weighted by Gasteiger charge is -2.32. The lowest BCUT2D eigenvalue weighted by atomic mass is 9.90. The Bertz CT molecular complexity index is 962. The van der Waals surface area contributed by atoms with Crippen LogP contribution >= 0.6 is 23.1 Å². The van der Waals surface area contributed by atoms with Crippen molar-refractivity contribution in [2.75, 3.05) is 18.8 Å². The van der Waals surface area contributed by atoms with Crippen molar-refractivity contribution in [1.29, 1.82) is 0 Å². The van der Waals surface area contributed by atoms with Gasteiger partial charge >= 0.3 is 0 Å². The van der Waals surface area contributed by atoms with Crippen molar-refractivity contribution in [1.82, 2.24) is 20.1 Å². The number of aryl methyl sites for hydroxylation is 2. The molecule has 3 aromatic rings. The fourth-order valence-corrected chi connectivity index (χ4v) is 5.15. The fourth-order valence-electron chi connectivity index (χ4n) is 3.64. The summed E-state index contributed by atoms with van der Waals surface area (Å²) in [7, 11) is 0. The van der Waals surface area contributed by atoms with Crippen LogP contribution in [0, 0.1) is 19.8 Å². The number of aromatic nitrogens is 3. The number of nitrogens with zero attached hydrogens (tertiary/aromatic N) is 4. The molecule has 0 N–H and O–H groups in total. The van der Waals surface area contributed by atoms with Gasteiger partial charge in [-0.15, -0.1) is 21.5 Å². The maximum Gasteiger partial charge on any atom is 0.277 e. The fraction of sp³-hybridized carbons (Fsp3) is 0.429. The van der Waals surface area contributed by atoms with Crippen LogP contribution in [-0.4, -0.2) is 44.8 Å². The van der Waals surface area contributed by atoms with Crippen LogP contribution in [0.1, 0.15) is 29.1 Å². The van der Waals surface area contributed by atoms with E-state index in [1.165, 1.54) is 28.7 Å². The molecule has 1 amide bonds. The third-order valence-corrected chi connectivity index (χ3v) is 7.02. The summed E-state index contributed by atoms with van der Waals surface area (Å²) in [5.41, 5.74) is 2.27. The molecule has 29 heavy (non-hydrogen) atoms. The van der Waals surface area contributed by atoms with Gasteiger partial charge in [-0.1, -0.05) is 42.1 Å². The zero-order chi connectivity index (χ0) is 20.2. The van der Waals surface area contributed by atoms with Crippen LogP contribution in [-0.2, 0) is 11.2 Å². The molecular formula is C21H24N4O2S2. The first-order chi connectivity index (χ1) is 14.1. The Hall–Kier alpha value is -2.19. The molecule has 0 spiro atoms. The average Bonchev–Trinajstić information content (AvgIpc) is 3.33. The minimum atomic E-state index is 0.137. The molecule has 0 bridgehead atoms. The molecular weight excluding hydrogens is 404 g/mol. The Morgan fingerprint density at radius 1 is 1.21 bits per heavy atom. The average molecular weight is 429 g/mol. The number of carbonyl (C=O) groups excluding carboxylic acids is 1. The van der Waals surface area contributed by atoms with Crippen molar-refractivity contribution in [3.05, 3.63) is 46.6 Å². The first-order valence-electron chi connectivity index (χ1n) is 9.81. The molecule has 1 aliphatic heterocycles. The predicted molar refractivity (Wildman–Crippen MR) is 115 cm³/mol. The molecule has 0 aliphatic carbocycles. The van der Waals surface area contributed by atoms with Gasteiger partial charge in [0.15, 0.2) is 0 Å². The zero-order valence-electron chi connectivity index (χ0n) is 16.6. The maximum atomic E-state index is 12.6. The van der Waals surface area contributed by atoms with E-state index in [-0.39, 0.29) is 5.91 Å². The maximum absolute atomic E-state index is 12.6. The largest absolute Gasteiger partial charge is 0.410 e. The van der Waals surface area contributed by atoms with Gasteiger partial charge in [-0.2, -0.15) is 0 Å². The molecule has 2 aromatic heterocycles. The molecule has 152 valence electrons. The lowest BCUT2D eigenvalue weighted by Crippen LogP contribution is -2.39. The topological polar surface area (TPSA) is 72.1 Å². The van der Waals surface area contributed by atoms with Crippen molar-refractivity contribution in [2.45, 2.75) is 38.3 Å². The van der Waals surface area contributed by atoms with Crippen LogP contribution in [0.5, 0.6) is 0 Å². The quantitative estimate of drug-likeness (QED) is 0.543. The van der Waals surface area contributed by atoms with Crippen molar-refractivity contribution in [3.8, 4) is 10.8 Å². The van der Waals surface area contributed by atoms with Crippen LogP contribution in [0.25, 0.3) is 10.8 Å². The van der Waals surface area contributed by atoms with Crippen LogP contribution in [0.2, 0.25) is 0 Å². The number of carbonyl (C=O) groups is 1. The van der Waals surface area contributed by atoms with E-state index in [2.05, 4.69) is 39.4 Å². The van der Waals surface area contributed by atoms with Crippen molar-refractivity contribution < 1.29 is 9.21 Å². The summed E-state index contributed by atoms with van der Waals surface area (Å²) in [6, 6.07) is 10.6. The summed E-state index contributed by atoms with van der Waals surface area (Å²) in [6.07, 6.45) is 3.21. The first-order valence-corrected chi connectivity index (χ1v) is 11.6. The van der Waals surface area contributed by atoms with E-state index in [4.69, 9.17) is 4.42 Å². The van der Waals surface area contributed by atoms with Crippen LogP contribution < -0.4 is 0 Å². The van der Waals surface area contributed by atoms with Gasteiger partial charge in [0, 0.05) is 13.1 Å².